The minimum absolute atomic E-state index is 0.300. The number of nitrogens with zero attached hydrogens (tertiary/aromatic N) is 2. The Hall–Kier alpha value is -2.32. The minimum atomic E-state index is -3.00. The third-order valence-electron chi connectivity index (χ3n) is 2.10. The number of hydrogen-bond donors (Lipinski definition) is 1. The molecule has 0 saturated carbocycles. The number of alkyl halides is 2. The minimum Gasteiger partial charge on any atom is -0.469 e. The molecule has 0 aliphatic carbocycles. The Morgan fingerprint density at radius 1 is 1.67 bits per heavy atom. The summed E-state index contributed by atoms with van der Waals surface area (Å²) in [6.45, 7) is 0. The summed E-state index contributed by atoms with van der Waals surface area (Å²) in [5.74, 6) is -0.782. The van der Waals surface area contributed by atoms with Crippen molar-refractivity contribution < 1.29 is 23.2 Å². The SMILES string of the molecule is COC(=O)Cc1nc(C(F)F)cc([N+](=O)[O-])c1N. The van der Waals surface area contributed by atoms with Gasteiger partial charge in [0, 0.05) is 6.07 Å². The van der Waals surface area contributed by atoms with Gasteiger partial charge in [-0.3, -0.25) is 14.9 Å². The normalized spacial score (nSPS) is 10.4. The van der Waals surface area contributed by atoms with E-state index in [1.54, 1.807) is 0 Å². The lowest BCUT2D eigenvalue weighted by Crippen LogP contribution is -2.12. The molecule has 98 valence electrons. The van der Waals surface area contributed by atoms with Crippen molar-refractivity contribution >= 4 is 17.3 Å². The van der Waals surface area contributed by atoms with Gasteiger partial charge in [-0.15, -0.1) is 0 Å². The molecule has 0 amide bonds. The fraction of sp³-hybridized carbons (Fsp3) is 0.333. The van der Waals surface area contributed by atoms with Gasteiger partial charge in [0.15, 0.2) is 0 Å². The number of aromatic nitrogens is 1. The summed E-state index contributed by atoms with van der Waals surface area (Å²) in [4.78, 5) is 24.2. The second-order valence-electron chi connectivity index (χ2n) is 3.24. The van der Waals surface area contributed by atoms with Crippen LogP contribution in [0.2, 0.25) is 0 Å². The number of nitro groups is 1. The molecule has 18 heavy (non-hydrogen) atoms. The molecule has 0 aromatic carbocycles. The molecule has 0 unspecified atom stereocenters. The molecule has 1 rings (SSSR count). The van der Waals surface area contributed by atoms with E-state index in [2.05, 4.69) is 9.72 Å². The van der Waals surface area contributed by atoms with Gasteiger partial charge in [0.1, 0.15) is 11.4 Å². The summed E-state index contributed by atoms with van der Waals surface area (Å²) in [7, 11) is 1.09. The third-order valence-corrected chi connectivity index (χ3v) is 2.10. The number of hydrogen-bond acceptors (Lipinski definition) is 6. The van der Waals surface area contributed by atoms with E-state index in [0.29, 0.717) is 6.07 Å². The lowest BCUT2D eigenvalue weighted by Gasteiger charge is -2.07. The van der Waals surface area contributed by atoms with E-state index in [-0.39, 0.29) is 5.69 Å². The fourth-order valence-electron chi connectivity index (χ4n) is 1.22. The van der Waals surface area contributed by atoms with Gasteiger partial charge >= 0.3 is 5.97 Å². The van der Waals surface area contributed by atoms with E-state index in [1.165, 1.54) is 0 Å². The lowest BCUT2D eigenvalue weighted by molar-refractivity contribution is -0.384. The fourth-order valence-corrected chi connectivity index (χ4v) is 1.22. The number of pyridine rings is 1. The first kappa shape index (κ1) is 13.7. The maximum atomic E-state index is 12.5. The van der Waals surface area contributed by atoms with Crippen LogP contribution in [-0.2, 0) is 16.0 Å². The number of ether oxygens (including phenoxy) is 1. The van der Waals surface area contributed by atoms with E-state index in [1.807, 2.05) is 0 Å². The molecule has 9 heteroatoms. The van der Waals surface area contributed by atoms with Crippen LogP contribution in [0.25, 0.3) is 0 Å². The highest BCUT2D eigenvalue weighted by Crippen LogP contribution is 2.29. The zero-order valence-corrected chi connectivity index (χ0v) is 9.22. The van der Waals surface area contributed by atoms with Crippen LogP contribution >= 0.6 is 0 Å². The van der Waals surface area contributed by atoms with Gasteiger partial charge in [-0.25, -0.2) is 13.8 Å². The number of carbonyl (C=O) groups excluding carboxylic acids is 1. The monoisotopic (exact) mass is 261 g/mol. The summed E-state index contributed by atoms with van der Waals surface area (Å²) < 4.78 is 29.3. The molecule has 0 spiro atoms. The van der Waals surface area contributed by atoms with E-state index < -0.39 is 40.8 Å². The molecular weight excluding hydrogens is 252 g/mol. The molecule has 0 saturated heterocycles. The number of carbonyl (C=O) groups is 1. The topological polar surface area (TPSA) is 108 Å². The van der Waals surface area contributed by atoms with E-state index in [0.717, 1.165) is 7.11 Å². The van der Waals surface area contributed by atoms with Crippen LogP contribution < -0.4 is 5.73 Å². The summed E-state index contributed by atoms with van der Waals surface area (Å²) in [5, 5.41) is 10.6. The number of methoxy groups -OCH3 is 1. The quantitative estimate of drug-likeness (QED) is 0.496. The second kappa shape index (κ2) is 5.34. The zero-order valence-electron chi connectivity index (χ0n) is 9.22. The van der Waals surface area contributed by atoms with Crippen LogP contribution in [0.15, 0.2) is 6.07 Å². The highest BCUT2D eigenvalue weighted by molar-refractivity contribution is 5.76. The molecular formula is C9H9F2N3O4. The Morgan fingerprint density at radius 2 is 2.28 bits per heavy atom. The van der Waals surface area contributed by atoms with Crippen molar-refractivity contribution in [2.75, 3.05) is 12.8 Å². The van der Waals surface area contributed by atoms with Crippen LogP contribution in [-0.4, -0.2) is 23.0 Å². The summed E-state index contributed by atoms with van der Waals surface area (Å²) in [6.07, 6.45) is -3.51. The average molecular weight is 261 g/mol. The standard InChI is InChI=1S/C9H9F2N3O4/c1-18-7(15)3-4-8(12)6(14(16)17)2-5(13-4)9(10)11/h2,9H,3,12H2,1H3. The van der Waals surface area contributed by atoms with Crippen LogP contribution in [0.3, 0.4) is 0 Å². The van der Waals surface area contributed by atoms with Crippen molar-refractivity contribution in [3.8, 4) is 0 Å². The van der Waals surface area contributed by atoms with Gasteiger partial charge in [-0.2, -0.15) is 0 Å². The molecule has 0 fully saturated rings. The number of nitrogen functional groups attached to an aromatic ring is 1. The number of rotatable bonds is 4. The van der Waals surface area contributed by atoms with E-state index in [9.17, 15) is 23.7 Å². The average Bonchev–Trinajstić information content (AvgIpc) is 2.30. The van der Waals surface area contributed by atoms with Crippen molar-refractivity contribution in [1.29, 1.82) is 0 Å². The van der Waals surface area contributed by atoms with Crippen molar-refractivity contribution in [3.63, 3.8) is 0 Å². The zero-order chi connectivity index (χ0) is 13.9. The Balaban J connectivity index is 3.31. The van der Waals surface area contributed by atoms with E-state index in [4.69, 9.17) is 5.73 Å². The number of nitrogens with two attached hydrogens (primary N) is 1. The number of halogens is 2. The maximum absolute atomic E-state index is 12.5. The Labute approximate surface area is 99.7 Å². The van der Waals surface area contributed by atoms with Crippen LogP contribution in [0.5, 0.6) is 0 Å². The Morgan fingerprint density at radius 3 is 2.72 bits per heavy atom. The van der Waals surface area contributed by atoms with Crippen LogP contribution in [0, 0.1) is 10.1 Å². The highest BCUT2D eigenvalue weighted by Gasteiger charge is 2.23. The first-order chi connectivity index (χ1) is 8.36. The van der Waals surface area contributed by atoms with Crippen molar-refractivity contribution in [2.24, 2.45) is 0 Å². The number of esters is 1. The van der Waals surface area contributed by atoms with Crippen molar-refractivity contribution in [2.45, 2.75) is 12.8 Å². The van der Waals surface area contributed by atoms with Gasteiger partial charge < -0.3 is 10.5 Å². The van der Waals surface area contributed by atoms with Gasteiger partial charge in [0.25, 0.3) is 12.1 Å². The summed E-state index contributed by atoms with van der Waals surface area (Å²) >= 11 is 0. The molecule has 0 aliphatic heterocycles. The molecule has 7 nitrogen and oxygen atoms in total. The first-order valence-corrected chi connectivity index (χ1v) is 4.65. The molecule has 0 radical (unpaired) electrons. The van der Waals surface area contributed by atoms with E-state index >= 15 is 0 Å². The largest absolute Gasteiger partial charge is 0.469 e. The smallest absolute Gasteiger partial charge is 0.311 e. The molecule has 1 aromatic heterocycles. The maximum Gasteiger partial charge on any atom is 0.311 e. The Bertz CT molecular complexity index is 493. The lowest BCUT2D eigenvalue weighted by atomic mass is 10.2. The predicted octanol–water partition coefficient (Wildman–Crippen LogP) is 1.23. The molecule has 0 aliphatic rings. The van der Waals surface area contributed by atoms with Gasteiger partial charge in [-0.05, 0) is 0 Å². The first-order valence-electron chi connectivity index (χ1n) is 4.65. The predicted molar refractivity (Wildman–Crippen MR) is 56.0 cm³/mol. The van der Waals surface area contributed by atoms with Crippen molar-refractivity contribution in [1.82, 2.24) is 4.98 Å². The second-order valence-corrected chi connectivity index (χ2v) is 3.24. The highest BCUT2D eigenvalue weighted by atomic mass is 19.3. The summed E-state index contributed by atoms with van der Waals surface area (Å²) in [6, 6.07) is 0.584. The molecule has 1 aromatic rings. The van der Waals surface area contributed by atoms with Crippen molar-refractivity contribution in [3.05, 3.63) is 27.6 Å². The van der Waals surface area contributed by atoms with Crippen LogP contribution in [0.4, 0.5) is 20.2 Å². The molecule has 2 N–H and O–H groups in total. The van der Waals surface area contributed by atoms with Gasteiger partial charge in [0.05, 0.1) is 24.1 Å². The third kappa shape index (κ3) is 2.87. The summed E-state index contributed by atoms with van der Waals surface area (Å²) in [5.41, 5.74) is 3.16. The number of anilines is 1. The van der Waals surface area contributed by atoms with Gasteiger partial charge in [-0.1, -0.05) is 0 Å². The Kier molecular flexibility index (Phi) is 4.08. The molecule has 0 bridgehead atoms. The molecule has 1 heterocycles. The molecule has 0 atom stereocenters. The van der Waals surface area contributed by atoms with Crippen LogP contribution in [0.1, 0.15) is 17.8 Å². The van der Waals surface area contributed by atoms with Gasteiger partial charge in [0.2, 0.25) is 0 Å².